The van der Waals surface area contributed by atoms with Crippen LogP contribution in [-0.4, -0.2) is 52.9 Å². The van der Waals surface area contributed by atoms with E-state index < -0.39 is 64.6 Å². The smallest absolute Gasteiger partial charge is 0.310 e. The quantitative estimate of drug-likeness (QED) is 0.221. The largest absolute Gasteiger partial charge is 0.502 e. The summed E-state index contributed by atoms with van der Waals surface area (Å²) < 4.78 is 22.5. The van der Waals surface area contributed by atoms with Crippen LogP contribution < -0.4 is 0 Å². The lowest BCUT2D eigenvalue weighted by molar-refractivity contribution is -0.385. The van der Waals surface area contributed by atoms with Crippen LogP contribution in [0.25, 0.3) is 0 Å². The maximum atomic E-state index is 12.0. The van der Waals surface area contributed by atoms with Gasteiger partial charge < -0.3 is 24.1 Å². The number of halogens is 1. The summed E-state index contributed by atoms with van der Waals surface area (Å²) in [7, 11) is 0. The Morgan fingerprint density at radius 1 is 1.03 bits per heavy atom. The van der Waals surface area contributed by atoms with Crippen LogP contribution in [0.4, 0.5) is 5.69 Å². The number of phenols is 1. The lowest BCUT2D eigenvalue weighted by Gasteiger charge is -2.44. The zero-order valence-corrected chi connectivity index (χ0v) is 22.0. The number of esters is 3. The molecule has 0 aromatic heterocycles. The summed E-state index contributed by atoms with van der Waals surface area (Å²) in [4.78, 5) is 45.9. The summed E-state index contributed by atoms with van der Waals surface area (Å²) in [5.41, 5.74) is 1.19. The Kier molecular flexibility index (Phi) is 9.29. The number of hydrogen-bond donors (Lipinski definition) is 1. The minimum Gasteiger partial charge on any atom is -0.502 e. The number of nitro groups is 1. The molecular weight excluding hydrogens is 522 g/mol. The second kappa shape index (κ2) is 12.2. The van der Waals surface area contributed by atoms with Gasteiger partial charge in [0.05, 0.1) is 11.0 Å². The van der Waals surface area contributed by atoms with Crippen molar-refractivity contribution in [3.8, 4) is 5.75 Å². The number of hydrogen-bond acceptors (Lipinski definition) is 10. The molecule has 1 aliphatic rings. The van der Waals surface area contributed by atoms with Gasteiger partial charge in [0.2, 0.25) is 0 Å². The molecule has 2 aromatic rings. The molecule has 1 N–H and O–H groups in total. The molecule has 1 unspecified atom stereocenters. The van der Waals surface area contributed by atoms with Gasteiger partial charge >= 0.3 is 23.6 Å². The van der Waals surface area contributed by atoms with Crippen LogP contribution in [0.3, 0.4) is 0 Å². The van der Waals surface area contributed by atoms with Crippen LogP contribution in [0.15, 0.2) is 36.4 Å². The number of benzene rings is 2. The van der Waals surface area contributed by atoms with Gasteiger partial charge in [0.25, 0.3) is 0 Å². The molecule has 0 saturated carbocycles. The Morgan fingerprint density at radius 3 is 2.29 bits per heavy atom. The second-order valence-corrected chi connectivity index (χ2v) is 9.42. The first-order valence-corrected chi connectivity index (χ1v) is 12.1. The number of carbonyl (C=O) groups is 3. The van der Waals surface area contributed by atoms with Crippen LogP contribution in [-0.2, 0) is 39.8 Å². The van der Waals surface area contributed by atoms with Gasteiger partial charge in [0.1, 0.15) is 18.8 Å². The van der Waals surface area contributed by atoms with Gasteiger partial charge in [-0.25, -0.2) is 0 Å². The number of aromatic hydroxyl groups is 1. The van der Waals surface area contributed by atoms with E-state index in [-0.39, 0.29) is 13.0 Å². The summed E-state index contributed by atoms with van der Waals surface area (Å²) >= 11 is 6.44. The Hall–Kier alpha value is -3.70. The van der Waals surface area contributed by atoms with E-state index in [1.54, 1.807) is 25.1 Å². The molecule has 5 atom stereocenters. The molecule has 0 aliphatic carbocycles. The summed E-state index contributed by atoms with van der Waals surface area (Å²) in [6, 6.07) is 9.00. The van der Waals surface area contributed by atoms with E-state index in [0.29, 0.717) is 21.7 Å². The molecule has 0 radical (unpaired) electrons. The molecule has 11 nitrogen and oxygen atoms in total. The summed E-state index contributed by atoms with van der Waals surface area (Å²) in [6.45, 7) is 5.34. The normalized spacial score (nSPS) is 22.8. The molecule has 0 bridgehead atoms. The highest BCUT2D eigenvalue weighted by Gasteiger charge is 2.48. The molecule has 0 amide bonds. The highest BCUT2D eigenvalue weighted by Crippen LogP contribution is 2.40. The number of ether oxygens (including phenoxy) is 4. The van der Waals surface area contributed by atoms with Crippen LogP contribution in [0.5, 0.6) is 5.75 Å². The fraction of sp³-hybridized carbons (Fsp3) is 0.423. The average Bonchev–Trinajstić information content (AvgIpc) is 2.82. The lowest BCUT2D eigenvalue weighted by atomic mass is 9.85. The standard InChI is InChI=1S/C26H28ClNO10/c1-13-23(12-35-14(2)29)38-25(26(37-16(4)31)24(13)36-15(3)30)18-6-7-20(27)19(11-18)9-17-5-8-22(32)21(10-17)28(33)34/h5-8,10-11,13,23-26,32H,9,12H2,1-4H3/t13?,23-,24+,25+,26-/m1/s1. The Labute approximate surface area is 223 Å². The third-order valence-corrected chi connectivity index (χ3v) is 6.50. The number of nitro benzene ring substituents is 1. The van der Waals surface area contributed by atoms with E-state index >= 15 is 0 Å². The van der Waals surface area contributed by atoms with Crippen molar-refractivity contribution in [3.05, 3.63) is 68.2 Å². The van der Waals surface area contributed by atoms with Gasteiger partial charge in [0, 0.05) is 37.8 Å². The van der Waals surface area contributed by atoms with Gasteiger partial charge in [-0.1, -0.05) is 36.7 Å². The highest BCUT2D eigenvalue weighted by molar-refractivity contribution is 6.31. The summed E-state index contributed by atoms with van der Waals surface area (Å²) in [6.07, 6.45) is -3.37. The molecule has 3 rings (SSSR count). The Balaban J connectivity index is 2.02. The number of carbonyl (C=O) groups excluding carboxylic acids is 3. The molecule has 1 saturated heterocycles. The van der Waals surface area contributed by atoms with Gasteiger partial charge in [-0.15, -0.1) is 0 Å². The maximum Gasteiger partial charge on any atom is 0.310 e. The minimum absolute atomic E-state index is 0.116. The van der Waals surface area contributed by atoms with Crippen molar-refractivity contribution in [1.82, 2.24) is 0 Å². The van der Waals surface area contributed by atoms with Gasteiger partial charge in [-0.3, -0.25) is 24.5 Å². The first kappa shape index (κ1) is 28.9. The zero-order chi connectivity index (χ0) is 28.1. The van der Waals surface area contributed by atoms with Crippen LogP contribution in [0, 0.1) is 16.0 Å². The molecule has 38 heavy (non-hydrogen) atoms. The van der Waals surface area contributed by atoms with E-state index in [1.165, 1.54) is 39.0 Å². The van der Waals surface area contributed by atoms with Crippen molar-refractivity contribution in [3.63, 3.8) is 0 Å². The predicted molar refractivity (Wildman–Crippen MR) is 134 cm³/mol. The topological polar surface area (TPSA) is 152 Å². The molecule has 0 spiro atoms. The van der Waals surface area contributed by atoms with E-state index in [1.807, 2.05) is 0 Å². The summed E-state index contributed by atoms with van der Waals surface area (Å²) in [5.74, 6) is -2.67. The van der Waals surface area contributed by atoms with E-state index in [2.05, 4.69) is 0 Å². The van der Waals surface area contributed by atoms with Gasteiger partial charge in [-0.05, 0) is 35.2 Å². The first-order chi connectivity index (χ1) is 17.9. The molecule has 204 valence electrons. The van der Waals surface area contributed by atoms with Crippen molar-refractivity contribution in [2.24, 2.45) is 5.92 Å². The lowest BCUT2D eigenvalue weighted by Crippen LogP contribution is -2.54. The maximum absolute atomic E-state index is 12.0. The first-order valence-electron chi connectivity index (χ1n) is 11.7. The van der Waals surface area contributed by atoms with E-state index in [4.69, 9.17) is 30.5 Å². The number of rotatable bonds is 8. The minimum atomic E-state index is -1.02. The van der Waals surface area contributed by atoms with Crippen molar-refractivity contribution in [2.45, 2.75) is 58.5 Å². The van der Waals surface area contributed by atoms with Crippen LogP contribution in [0.2, 0.25) is 5.02 Å². The van der Waals surface area contributed by atoms with Gasteiger partial charge in [-0.2, -0.15) is 0 Å². The van der Waals surface area contributed by atoms with Crippen molar-refractivity contribution in [2.75, 3.05) is 6.61 Å². The van der Waals surface area contributed by atoms with Gasteiger partial charge in [0.15, 0.2) is 11.9 Å². The molecule has 1 aliphatic heterocycles. The highest BCUT2D eigenvalue weighted by atomic mass is 35.5. The fourth-order valence-corrected chi connectivity index (χ4v) is 4.55. The van der Waals surface area contributed by atoms with Crippen LogP contribution in [0.1, 0.15) is 50.5 Å². The average molecular weight is 550 g/mol. The van der Waals surface area contributed by atoms with E-state index in [9.17, 15) is 29.6 Å². The van der Waals surface area contributed by atoms with E-state index in [0.717, 1.165) is 0 Å². The third kappa shape index (κ3) is 6.99. The Morgan fingerprint density at radius 2 is 1.68 bits per heavy atom. The Bertz CT molecular complexity index is 1230. The fourth-order valence-electron chi connectivity index (χ4n) is 4.37. The molecule has 12 heteroatoms. The second-order valence-electron chi connectivity index (χ2n) is 9.01. The van der Waals surface area contributed by atoms with Crippen molar-refractivity contribution in [1.29, 1.82) is 0 Å². The molecular formula is C26H28ClNO10. The number of nitrogens with zero attached hydrogens (tertiary/aromatic N) is 1. The molecule has 2 aromatic carbocycles. The number of phenolic OH excluding ortho intramolecular Hbond substituents is 1. The molecule has 1 heterocycles. The predicted octanol–water partition coefficient (Wildman–Crippen LogP) is 4.05. The monoisotopic (exact) mass is 549 g/mol. The van der Waals surface area contributed by atoms with Crippen LogP contribution >= 0.6 is 11.6 Å². The van der Waals surface area contributed by atoms with Crippen molar-refractivity contribution < 1.29 is 43.4 Å². The SMILES string of the molecule is CC(=O)OC[C@H]1O[C@@H](c2ccc(Cl)c(Cc3ccc(O)c([N+](=O)[O-])c3)c2)[C@H](OC(C)=O)[C@@H](OC(C)=O)C1C. The zero-order valence-electron chi connectivity index (χ0n) is 21.2. The summed E-state index contributed by atoms with van der Waals surface area (Å²) in [5, 5.41) is 21.4. The third-order valence-electron chi connectivity index (χ3n) is 6.13. The molecule has 1 fully saturated rings. The van der Waals surface area contributed by atoms with Crippen molar-refractivity contribution >= 4 is 35.2 Å².